The summed E-state index contributed by atoms with van der Waals surface area (Å²) in [6.45, 7) is 9.33. The van der Waals surface area contributed by atoms with Gasteiger partial charge in [-0.2, -0.15) is 0 Å². The minimum Gasteiger partial charge on any atom is -0.454 e. The Bertz CT molecular complexity index is 1770. The van der Waals surface area contributed by atoms with Gasteiger partial charge in [-0.1, -0.05) is 82.3 Å². The van der Waals surface area contributed by atoms with E-state index in [0.717, 1.165) is 27.6 Å². The van der Waals surface area contributed by atoms with E-state index in [0.29, 0.717) is 5.92 Å². The van der Waals surface area contributed by atoms with Gasteiger partial charge in [0.25, 0.3) is 0 Å². The zero-order valence-electron chi connectivity index (χ0n) is 19.8. The van der Waals surface area contributed by atoms with Gasteiger partial charge >= 0.3 is 0 Å². The van der Waals surface area contributed by atoms with Crippen molar-refractivity contribution in [2.24, 2.45) is 0 Å². The summed E-state index contributed by atoms with van der Waals surface area (Å²) in [5.74, 6) is 0.511. The highest BCUT2D eigenvalue weighted by molar-refractivity contribution is 7.22. The van der Waals surface area contributed by atoms with Crippen molar-refractivity contribution in [3.8, 4) is 21.7 Å². The number of furan rings is 1. The second-order valence-corrected chi connectivity index (χ2v) is 11.2. The monoisotopic (exact) mass is 459 g/mol. The van der Waals surface area contributed by atoms with Gasteiger partial charge in [0, 0.05) is 31.3 Å². The molecule has 0 radical (unpaired) electrons. The molecule has 166 valence electrons. The predicted molar refractivity (Wildman–Crippen MR) is 144 cm³/mol. The summed E-state index contributed by atoms with van der Waals surface area (Å²) >= 11 is 1.96. The molecule has 3 aromatic carbocycles. The normalized spacial score (nSPS) is 14.4. The lowest BCUT2D eigenvalue weighted by atomic mass is 9.78. The molecule has 0 bridgehead atoms. The molecule has 0 spiro atoms. The van der Waals surface area contributed by atoms with Crippen molar-refractivity contribution >= 4 is 43.4 Å². The number of benzene rings is 3. The molecule has 34 heavy (non-hydrogen) atoms. The molecule has 3 heteroatoms. The first-order valence-electron chi connectivity index (χ1n) is 11.9. The SMILES string of the molecule is CC(C)c1cccc2c3c(sc12)-c1cccc(-c2cc4c(cn2)oc2ccccc24)c1C3(C)C. The summed E-state index contributed by atoms with van der Waals surface area (Å²) in [7, 11) is 0. The van der Waals surface area contributed by atoms with Crippen LogP contribution < -0.4 is 0 Å². The molecule has 0 fully saturated rings. The second-order valence-electron chi connectivity index (χ2n) is 10.2. The number of hydrogen-bond acceptors (Lipinski definition) is 3. The van der Waals surface area contributed by atoms with Crippen LogP contribution in [0.4, 0.5) is 0 Å². The van der Waals surface area contributed by atoms with E-state index in [-0.39, 0.29) is 5.41 Å². The number of pyridine rings is 1. The fourth-order valence-corrected chi connectivity index (χ4v) is 7.59. The Morgan fingerprint density at radius 1 is 0.794 bits per heavy atom. The van der Waals surface area contributed by atoms with Gasteiger partial charge in [-0.25, -0.2) is 0 Å². The third kappa shape index (κ3) is 2.53. The summed E-state index contributed by atoms with van der Waals surface area (Å²) in [6.07, 6.45) is 1.88. The van der Waals surface area contributed by atoms with Crippen molar-refractivity contribution in [2.75, 3.05) is 0 Å². The van der Waals surface area contributed by atoms with E-state index in [1.807, 2.05) is 29.7 Å². The van der Waals surface area contributed by atoms with E-state index >= 15 is 0 Å². The number of fused-ring (bicyclic) bond motifs is 8. The molecular formula is C31H25NOS. The first kappa shape index (κ1) is 20.0. The topological polar surface area (TPSA) is 26.0 Å². The zero-order valence-corrected chi connectivity index (χ0v) is 20.6. The van der Waals surface area contributed by atoms with Crippen molar-refractivity contribution in [1.29, 1.82) is 0 Å². The maximum absolute atomic E-state index is 6.03. The molecule has 6 aromatic rings. The minimum atomic E-state index is -0.107. The third-order valence-corrected chi connectivity index (χ3v) is 8.76. The van der Waals surface area contributed by atoms with Crippen LogP contribution in [0.25, 0.3) is 53.7 Å². The quantitative estimate of drug-likeness (QED) is 0.258. The number of hydrogen-bond donors (Lipinski definition) is 0. The second kappa shape index (κ2) is 6.80. The highest BCUT2D eigenvalue weighted by Gasteiger charge is 2.41. The maximum Gasteiger partial charge on any atom is 0.153 e. The van der Waals surface area contributed by atoms with Crippen LogP contribution in [0.1, 0.15) is 50.3 Å². The molecule has 3 heterocycles. The number of nitrogens with zero attached hydrogens (tertiary/aromatic N) is 1. The smallest absolute Gasteiger partial charge is 0.153 e. The molecule has 0 saturated carbocycles. The highest BCUT2D eigenvalue weighted by Crippen LogP contribution is 2.58. The lowest BCUT2D eigenvalue weighted by molar-refractivity contribution is 0.666. The van der Waals surface area contributed by atoms with E-state index in [2.05, 4.69) is 82.3 Å². The van der Waals surface area contributed by atoms with Crippen LogP contribution >= 0.6 is 11.3 Å². The Balaban J connectivity index is 1.49. The Labute approximate surface area is 202 Å². The number of rotatable bonds is 2. The average molecular weight is 460 g/mol. The van der Waals surface area contributed by atoms with E-state index in [9.17, 15) is 0 Å². The van der Waals surface area contributed by atoms with Crippen LogP contribution in [-0.2, 0) is 5.41 Å². The first-order valence-corrected chi connectivity index (χ1v) is 12.7. The highest BCUT2D eigenvalue weighted by atomic mass is 32.1. The number of thiophene rings is 1. The van der Waals surface area contributed by atoms with Gasteiger partial charge in [0.15, 0.2) is 5.58 Å². The molecule has 0 unspecified atom stereocenters. The van der Waals surface area contributed by atoms with Crippen molar-refractivity contribution in [3.05, 3.63) is 89.6 Å². The van der Waals surface area contributed by atoms with Crippen LogP contribution in [0.15, 0.2) is 77.3 Å². The number of aromatic nitrogens is 1. The van der Waals surface area contributed by atoms with Crippen molar-refractivity contribution in [2.45, 2.75) is 39.0 Å². The Morgan fingerprint density at radius 3 is 2.41 bits per heavy atom. The lowest BCUT2D eigenvalue weighted by Gasteiger charge is -2.24. The van der Waals surface area contributed by atoms with E-state index in [4.69, 9.17) is 9.40 Å². The maximum atomic E-state index is 6.03. The van der Waals surface area contributed by atoms with Crippen molar-refractivity contribution < 1.29 is 4.42 Å². The van der Waals surface area contributed by atoms with Crippen molar-refractivity contribution in [1.82, 2.24) is 4.98 Å². The average Bonchev–Trinajstić information content (AvgIpc) is 3.47. The molecule has 0 amide bonds. The van der Waals surface area contributed by atoms with Gasteiger partial charge in [0.05, 0.1) is 11.9 Å². The summed E-state index contributed by atoms with van der Waals surface area (Å²) in [6, 6.07) is 24.0. The van der Waals surface area contributed by atoms with E-state index < -0.39 is 0 Å². The third-order valence-electron chi connectivity index (χ3n) is 7.47. The van der Waals surface area contributed by atoms with Crippen LogP contribution in [0, 0.1) is 0 Å². The summed E-state index contributed by atoms with van der Waals surface area (Å²) in [5.41, 5.74) is 9.51. The van der Waals surface area contributed by atoms with Gasteiger partial charge in [0.2, 0.25) is 0 Å². The Hall–Kier alpha value is -3.43. The van der Waals surface area contributed by atoms with Crippen LogP contribution in [-0.4, -0.2) is 4.98 Å². The van der Waals surface area contributed by atoms with E-state index in [1.54, 1.807) is 0 Å². The van der Waals surface area contributed by atoms with E-state index in [1.165, 1.54) is 42.8 Å². The molecule has 0 aliphatic heterocycles. The van der Waals surface area contributed by atoms with Gasteiger partial charge in [-0.05, 0) is 45.7 Å². The molecule has 0 saturated heterocycles. The summed E-state index contributed by atoms with van der Waals surface area (Å²) < 4.78 is 7.47. The summed E-state index contributed by atoms with van der Waals surface area (Å²) in [5, 5.41) is 3.66. The molecule has 0 atom stereocenters. The fourth-order valence-electron chi connectivity index (χ4n) is 5.94. The van der Waals surface area contributed by atoms with Gasteiger partial charge in [-0.3, -0.25) is 4.98 Å². The Morgan fingerprint density at radius 2 is 1.56 bits per heavy atom. The molecule has 2 nitrogen and oxygen atoms in total. The van der Waals surface area contributed by atoms with Gasteiger partial charge in [-0.15, -0.1) is 11.3 Å². The Kier molecular flexibility index (Phi) is 4.00. The van der Waals surface area contributed by atoms with Crippen LogP contribution in [0.5, 0.6) is 0 Å². The minimum absolute atomic E-state index is 0.107. The molecule has 3 aromatic heterocycles. The molecule has 0 N–H and O–H groups in total. The molecule has 1 aliphatic rings. The molecule has 7 rings (SSSR count). The number of para-hydroxylation sites is 1. The van der Waals surface area contributed by atoms with Gasteiger partial charge < -0.3 is 4.42 Å². The largest absolute Gasteiger partial charge is 0.454 e. The standard InChI is InChI=1S/C31H25NOS/c1-17(2)18-10-7-13-22-28-30(34-29(18)22)21-12-8-11-20(27(21)31(28,3)4)24-15-23-19-9-5-6-14-25(19)33-26(23)16-32-24/h5-17H,1-4H3. The van der Waals surface area contributed by atoms with Crippen molar-refractivity contribution in [3.63, 3.8) is 0 Å². The fraction of sp³-hybridized carbons (Fsp3) is 0.194. The lowest BCUT2D eigenvalue weighted by Crippen LogP contribution is -2.16. The van der Waals surface area contributed by atoms with Crippen LogP contribution in [0.3, 0.4) is 0 Å². The summed E-state index contributed by atoms with van der Waals surface area (Å²) in [4.78, 5) is 6.29. The van der Waals surface area contributed by atoms with Crippen LogP contribution in [0.2, 0.25) is 0 Å². The first-order chi connectivity index (χ1) is 16.4. The molecule has 1 aliphatic carbocycles. The zero-order chi connectivity index (χ0) is 23.2. The predicted octanol–water partition coefficient (Wildman–Crippen LogP) is 9.29. The molecular weight excluding hydrogens is 434 g/mol. The van der Waals surface area contributed by atoms with Gasteiger partial charge in [0.1, 0.15) is 5.58 Å².